The van der Waals surface area contributed by atoms with Crippen molar-refractivity contribution in [2.45, 2.75) is 25.6 Å². The summed E-state index contributed by atoms with van der Waals surface area (Å²) in [6.07, 6.45) is 2.33. The van der Waals surface area contributed by atoms with Crippen LogP contribution in [-0.4, -0.2) is 21.9 Å². The lowest BCUT2D eigenvalue weighted by atomic mass is 10.0. The van der Waals surface area contributed by atoms with E-state index in [1.165, 1.54) is 4.88 Å². The standard InChI is InChI=1S/C12H14N4OS/c17-12(14-5-8-2-1-3-18-8)10-4-9-11(6-13-10)16-7-15-9/h1-3,7,10,13H,4-6H2,(H,14,17)(H,15,16). The van der Waals surface area contributed by atoms with Crippen molar-refractivity contribution in [1.29, 1.82) is 0 Å². The van der Waals surface area contributed by atoms with E-state index in [2.05, 4.69) is 20.6 Å². The van der Waals surface area contributed by atoms with Gasteiger partial charge in [0.05, 0.1) is 30.3 Å². The SMILES string of the molecule is O=C(NCc1cccs1)C1Cc2nc[nH]c2CN1. The van der Waals surface area contributed by atoms with E-state index < -0.39 is 0 Å². The molecule has 0 saturated heterocycles. The number of carbonyl (C=O) groups is 1. The number of nitrogens with zero attached hydrogens (tertiary/aromatic N) is 1. The number of hydrogen-bond donors (Lipinski definition) is 3. The van der Waals surface area contributed by atoms with Gasteiger partial charge in [0.15, 0.2) is 0 Å². The number of amides is 1. The number of thiophene rings is 1. The second-order valence-corrected chi connectivity index (χ2v) is 5.29. The molecule has 1 amide bonds. The van der Waals surface area contributed by atoms with Gasteiger partial charge in [-0.2, -0.15) is 0 Å². The van der Waals surface area contributed by atoms with E-state index >= 15 is 0 Å². The van der Waals surface area contributed by atoms with Crippen LogP contribution in [0.2, 0.25) is 0 Å². The van der Waals surface area contributed by atoms with Gasteiger partial charge in [-0.05, 0) is 11.4 Å². The fraction of sp³-hybridized carbons (Fsp3) is 0.333. The van der Waals surface area contributed by atoms with Gasteiger partial charge in [-0.3, -0.25) is 10.1 Å². The van der Waals surface area contributed by atoms with Crippen LogP contribution in [0.1, 0.15) is 16.3 Å². The highest BCUT2D eigenvalue weighted by molar-refractivity contribution is 7.09. The van der Waals surface area contributed by atoms with Crippen LogP contribution in [0.15, 0.2) is 23.8 Å². The van der Waals surface area contributed by atoms with E-state index in [0.717, 1.165) is 11.4 Å². The molecule has 2 aromatic heterocycles. The zero-order valence-electron chi connectivity index (χ0n) is 9.77. The lowest BCUT2D eigenvalue weighted by molar-refractivity contribution is -0.123. The predicted octanol–water partition coefficient (Wildman–Crippen LogP) is 0.802. The molecule has 5 nitrogen and oxygen atoms in total. The minimum Gasteiger partial charge on any atom is -0.350 e. The highest BCUT2D eigenvalue weighted by Crippen LogP contribution is 2.12. The Morgan fingerprint density at radius 1 is 1.61 bits per heavy atom. The fourth-order valence-corrected chi connectivity index (χ4v) is 2.71. The highest BCUT2D eigenvalue weighted by Gasteiger charge is 2.25. The Balaban J connectivity index is 1.57. The normalized spacial score (nSPS) is 18.3. The van der Waals surface area contributed by atoms with Gasteiger partial charge in [-0.15, -0.1) is 11.3 Å². The molecule has 1 unspecified atom stereocenters. The summed E-state index contributed by atoms with van der Waals surface area (Å²) in [7, 11) is 0. The van der Waals surface area contributed by atoms with Crippen LogP contribution in [0.25, 0.3) is 0 Å². The Bertz CT molecular complexity index is 534. The van der Waals surface area contributed by atoms with Gasteiger partial charge in [0.2, 0.25) is 5.91 Å². The van der Waals surface area contributed by atoms with Crippen LogP contribution in [0, 0.1) is 0 Å². The van der Waals surface area contributed by atoms with Gasteiger partial charge in [0.25, 0.3) is 0 Å². The maximum atomic E-state index is 12.0. The molecule has 0 aliphatic carbocycles. The number of carbonyl (C=O) groups excluding carboxylic acids is 1. The summed E-state index contributed by atoms with van der Waals surface area (Å²) in [4.78, 5) is 20.5. The van der Waals surface area contributed by atoms with Crippen molar-refractivity contribution >= 4 is 17.2 Å². The third-order valence-electron chi connectivity index (χ3n) is 3.06. The quantitative estimate of drug-likeness (QED) is 0.766. The summed E-state index contributed by atoms with van der Waals surface area (Å²) in [6, 6.07) is 3.83. The number of nitrogens with one attached hydrogen (secondary N) is 3. The van der Waals surface area contributed by atoms with Crippen molar-refractivity contribution in [3.05, 3.63) is 40.1 Å². The van der Waals surface area contributed by atoms with Crippen LogP contribution >= 0.6 is 11.3 Å². The van der Waals surface area contributed by atoms with Crippen molar-refractivity contribution in [2.75, 3.05) is 0 Å². The Hall–Kier alpha value is -1.66. The number of H-pyrrole nitrogens is 1. The number of imidazole rings is 1. The Labute approximate surface area is 109 Å². The average molecular weight is 262 g/mol. The average Bonchev–Trinajstić information content (AvgIpc) is 3.05. The minimum absolute atomic E-state index is 0.0389. The number of hydrogen-bond acceptors (Lipinski definition) is 4. The van der Waals surface area contributed by atoms with Gasteiger partial charge >= 0.3 is 0 Å². The fourth-order valence-electron chi connectivity index (χ4n) is 2.07. The van der Waals surface area contributed by atoms with Gasteiger partial charge in [-0.1, -0.05) is 6.07 Å². The molecule has 3 heterocycles. The smallest absolute Gasteiger partial charge is 0.237 e. The first-order valence-electron chi connectivity index (χ1n) is 5.87. The highest BCUT2D eigenvalue weighted by atomic mass is 32.1. The first kappa shape index (κ1) is 11.4. The lowest BCUT2D eigenvalue weighted by Crippen LogP contribution is -2.47. The van der Waals surface area contributed by atoms with Crippen molar-refractivity contribution in [3.8, 4) is 0 Å². The second kappa shape index (κ2) is 4.91. The summed E-state index contributed by atoms with van der Waals surface area (Å²) in [5.74, 6) is 0.0389. The molecule has 2 aromatic rings. The zero-order chi connectivity index (χ0) is 12.4. The van der Waals surface area contributed by atoms with E-state index in [-0.39, 0.29) is 11.9 Å². The van der Waals surface area contributed by atoms with Gasteiger partial charge < -0.3 is 10.3 Å². The van der Waals surface area contributed by atoms with Crippen LogP contribution < -0.4 is 10.6 Å². The van der Waals surface area contributed by atoms with Gasteiger partial charge in [0, 0.05) is 17.8 Å². The Kier molecular flexibility index (Phi) is 3.12. The van der Waals surface area contributed by atoms with Gasteiger partial charge in [-0.25, -0.2) is 4.98 Å². The van der Waals surface area contributed by atoms with Crippen LogP contribution in [0.4, 0.5) is 0 Å². The molecule has 0 bridgehead atoms. The summed E-state index contributed by atoms with van der Waals surface area (Å²) < 4.78 is 0. The summed E-state index contributed by atoms with van der Waals surface area (Å²) in [6.45, 7) is 1.27. The van der Waals surface area contributed by atoms with E-state index in [1.54, 1.807) is 17.7 Å². The number of rotatable bonds is 3. The molecule has 0 saturated carbocycles. The van der Waals surface area contributed by atoms with Crippen molar-refractivity contribution in [3.63, 3.8) is 0 Å². The molecule has 6 heteroatoms. The van der Waals surface area contributed by atoms with Crippen LogP contribution in [0.5, 0.6) is 0 Å². The summed E-state index contributed by atoms with van der Waals surface area (Å²) in [5.41, 5.74) is 2.07. The third-order valence-corrected chi connectivity index (χ3v) is 3.94. The van der Waals surface area contributed by atoms with Crippen molar-refractivity contribution in [2.24, 2.45) is 0 Å². The monoisotopic (exact) mass is 262 g/mol. The first-order valence-corrected chi connectivity index (χ1v) is 6.75. The third kappa shape index (κ3) is 2.30. The van der Waals surface area contributed by atoms with E-state index in [0.29, 0.717) is 19.5 Å². The molecule has 1 atom stereocenters. The topological polar surface area (TPSA) is 69.8 Å². The molecule has 0 aromatic carbocycles. The predicted molar refractivity (Wildman–Crippen MR) is 69.1 cm³/mol. The number of fused-ring (bicyclic) bond motifs is 1. The maximum absolute atomic E-state index is 12.0. The summed E-state index contributed by atoms with van der Waals surface area (Å²) in [5, 5.41) is 8.17. The zero-order valence-corrected chi connectivity index (χ0v) is 10.6. The van der Waals surface area contributed by atoms with E-state index in [1.807, 2.05) is 17.5 Å². The van der Waals surface area contributed by atoms with Crippen molar-refractivity contribution < 1.29 is 4.79 Å². The van der Waals surface area contributed by atoms with Gasteiger partial charge in [0.1, 0.15) is 0 Å². The molecule has 1 aliphatic heterocycles. The number of aromatic amines is 1. The molecule has 3 N–H and O–H groups in total. The molecule has 94 valence electrons. The van der Waals surface area contributed by atoms with Crippen LogP contribution in [0.3, 0.4) is 0 Å². The molecular weight excluding hydrogens is 248 g/mol. The Morgan fingerprint density at radius 2 is 2.56 bits per heavy atom. The lowest BCUT2D eigenvalue weighted by Gasteiger charge is -2.22. The second-order valence-electron chi connectivity index (χ2n) is 4.26. The molecule has 0 radical (unpaired) electrons. The summed E-state index contributed by atoms with van der Waals surface area (Å²) >= 11 is 1.65. The molecule has 18 heavy (non-hydrogen) atoms. The van der Waals surface area contributed by atoms with E-state index in [4.69, 9.17) is 0 Å². The first-order chi connectivity index (χ1) is 8.83. The molecule has 0 spiro atoms. The maximum Gasteiger partial charge on any atom is 0.237 e. The molecule has 3 rings (SSSR count). The van der Waals surface area contributed by atoms with Crippen LogP contribution in [-0.2, 0) is 24.3 Å². The van der Waals surface area contributed by atoms with E-state index in [9.17, 15) is 4.79 Å². The molecular formula is C12H14N4OS. The molecule has 0 fully saturated rings. The number of aromatic nitrogens is 2. The Morgan fingerprint density at radius 3 is 3.39 bits per heavy atom. The minimum atomic E-state index is -0.180. The largest absolute Gasteiger partial charge is 0.350 e. The molecule has 1 aliphatic rings. The van der Waals surface area contributed by atoms with Crippen molar-refractivity contribution in [1.82, 2.24) is 20.6 Å².